The third-order valence-corrected chi connectivity index (χ3v) is 6.00. The van der Waals surface area contributed by atoms with Crippen molar-refractivity contribution in [3.8, 4) is 0 Å². The summed E-state index contributed by atoms with van der Waals surface area (Å²) in [6.45, 7) is 0. The van der Waals surface area contributed by atoms with Crippen LogP contribution in [0.15, 0.2) is 35.7 Å². The van der Waals surface area contributed by atoms with E-state index in [1.54, 1.807) is 11.3 Å². The van der Waals surface area contributed by atoms with Gasteiger partial charge in [0.15, 0.2) is 5.78 Å². The van der Waals surface area contributed by atoms with Crippen molar-refractivity contribution in [3.05, 3.63) is 52.0 Å². The standard InChI is InChI=1S/C16H17NOS2/c18-14(12-6-2-1-3-7-12)10-13-11-20-16(17-13)15-8-4-5-9-19-15/h1-3,6-7,11,15H,4-5,8-10H2. The van der Waals surface area contributed by atoms with Crippen molar-refractivity contribution in [1.82, 2.24) is 4.98 Å². The van der Waals surface area contributed by atoms with Gasteiger partial charge in [0.05, 0.1) is 17.4 Å². The highest BCUT2D eigenvalue weighted by Crippen LogP contribution is 2.39. The highest BCUT2D eigenvalue weighted by atomic mass is 32.2. The van der Waals surface area contributed by atoms with Crippen LogP contribution in [0.4, 0.5) is 0 Å². The van der Waals surface area contributed by atoms with Crippen molar-refractivity contribution < 1.29 is 4.79 Å². The van der Waals surface area contributed by atoms with Crippen molar-refractivity contribution in [1.29, 1.82) is 0 Å². The number of hydrogen-bond donors (Lipinski definition) is 0. The summed E-state index contributed by atoms with van der Waals surface area (Å²) in [6.07, 6.45) is 4.27. The number of benzene rings is 1. The van der Waals surface area contributed by atoms with Crippen molar-refractivity contribution >= 4 is 28.9 Å². The minimum atomic E-state index is 0.152. The van der Waals surface area contributed by atoms with E-state index in [-0.39, 0.29) is 5.78 Å². The van der Waals surface area contributed by atoms with Gasteiger partial charge in [0.25, 0.3) is 0 Å². The number of carbonyl (C=O) groups is 1. The van der Waals surface area contributed by atoms with Crippen LogP contribution in [0.5, 0.6) is 0 Å². The number of aromatic nitrogens is 1. The summed E-state index contributed by atoms with van der Waals surface area (Å²) < 4.78 is 0. The fourth-order valence-corrected chi connectivity index (χ4v) is 4.76. The first-order chi connectivity index (χ1) is 9.83. The predicted molar refractivity (Wildman–Crippen MR) is 85.6 cm³/mol. The van der Waals surface area contributed by atoms with Crippen molar-refractivity contribution in [2.24, 2.45) is 0 Å². The molecule has 0 bridgehead atoms. The van der Waals surface area contributed by atoms with E-state index in [1.165, 1.54) is 30.0 Å². The molecule has 2 heterocycles. The van der Waals surface area contributed by atoms with Crippen LogP contribution >= 0.6 is 23.1 Å². The van der Waals surface area contributed by atoms with Crippen LogP contribution < -0.4 is 0 Å². The fraction of sp³-hybridized carbons (Fsp3) is 0.375. The molecule has 1 unspecified atom stereocenters. The summed E-state index contributed by atoms with van der Waals surface area (Å²) in [5.41, 5.74) is 1.69. The molecule has 0 aliphatic carbocycles. The van der Waals surface area contributed by atoms with E-state index in [1.807, 2.05) is 47.5 Å². The van der Waals surface area contributed by atoms with E-state index in [9.17, 15) is 4.79 Å². The summed E-state index contributed by atoms with van der Waals surface area (Å²) >= 11 is 3.72. The first kappa shape index (κ1) is 13.8. The average molecular weight is 303 g/mol. The molecule has 1 aromatic carbocycles. The number of ketones is 1. The van der Waals surface area contributed by atoms with Gasteiger partial charge in [-0.25, -0.2) is 4.98 Å². The Labute approximate surface area is 127 Å². The summed E-state index contributed by atoms with van der Waals surface area (Å²) in [6, 6.07) is 9.47. The Kier molecular flexibility index (Phi) is 4.53. The molecular weight excluding hydrogens is 286 g/mol. The van der Waals surface area contributed by atoms with E-state index in [0.717, 1.165) is 11.3 Å². The topological polar surface area (TPSA) is 30.0 Å². The molecule has 1 aromatic heterocycles. The van der Waals surface area contributed by atoms with Gasteiger partial charge in [0.1, 0.15) is 5.01 Å². The molecule has 2 aromatic rings. The summed E-state index contributed by atoms with van der Waals surface area (Å²) in [7, 11) is 0. The zero-order valence-corrected chi connectivity index (χ0v) is 12.9. The maximum Gasteiger partial charge on any atom is 0.168 e. The second kappa shape index (κ2) is 6.55. The van der Waals surface area contributed by atoms with Gasteiger partial charge < -0.3 is 0 Å². The van der Waals surface area contributed by atoms with Crippen LogP contribution in [0.2, 0.25) is 0 Å². The molecular formula is C16H17NOS2. The van der Waals surface area contributed by atoms with Gasteiger partial charge in [0, 0.05) is 10.9 Å². The summed E-state index contributed by atoms with van der Waals surface area (Å²) in [5, 5.41) is 3.80. The van der Waals surface area contributed by atoms with Crippen LogP contribution in [0, 0.1) is 0 Å². The summed E-state index contributed by atoms with van der Waals surface area (Å²) in [5.74, 6) is 1.39. The van der Waals surface area contributed by atoms with E-state index < -0.39 is 0 Å². The lowest BCUT2D eigenvalue weighted by atomic mass is 10.1. The number of nitrogens with zero attached hydrogens (tertiary/aromatic N) is 1. The summed E-state index contributed by atoms with van der Waals surface area (Å²) in [4.78, 5) is 16.8. The number of thiazole rings is 1. The maximum absolute atomic E-state index is 12.2. The van der Waals surface area contributed by atoms with Gasteiger partial charge in [-0.1, -0.05) is 36.8 Å². The second-order valence-corrected chi connectivity index (χ2v) is 7.20. The molecule has 1 atom stereocenters. The molecule has 4 heteroatoms. The minimum Gasteiger partial charge on any atom is -0.294 e. The van der Waals surface area contributed by atoms with Crippen LogP contribution in [0.25, 0.3) is 0 Å². The SMILES string of the molecule is O=C(Cc1csc(C2CCCCS2)n1)c1ccccc1. The highest BCUT2D eigenvalue weighted by molar-refractivity contribution is 7.99. The molecule has 1 aliphatic rings. The molecule has 0 N–H and O–H groups in total. The second-order valence-electron chi connectivity index (χ2n) is 5.00. The van der Waals surface area contributed by atoms with E-state index in [4.69, 9.17) is 0 Å². The Morgan fingerprint density at radius 1 is 1.25 bits per heavy atom. The van der Waals surface area contributed by atoms with Gasteiger partial charge in [0.2, 0.25) is 0 Å². The Morgan fingerprint density at radius 2 is 2.10 bits per heavy atom. The smallest absolute Gasteiger partial charge is 0.168 e. The number of thioether (sulfide) groups is 1. The van der Waals surface area contributed by atoms with Gasteiger partial charge >= 0.3 is 0 Å². The molecule has 3 rings (SSSR count). The highest BCUT2D eigenvalue weighted by Gasteiger charge is 2.19. The van der Waals surface area contributed by atoms with Gasteiger partial charge in [-0.15, -0.1) is 11.3 Å². The maximum atomic E-state index is 12.2. The molecule has 104 valence electrons. The molecule has 20 heavy (non-hydrogen) atoms. The minimum absolute atomic E-state index is 0.152. The lowest BCUT2D eigenvalue weighted by Gasteiger charge is -2.18. The van der Waals surface area contributed by atoms with Crippen molar-refractivity contribution in [2.75, 3.05) is 5.75 Å². The van der Waals surface area contributed by atoms with E-state index in [0.29, 0.717) is 11.7 Å². The third-order valence-electron chi connectivity index (χ3n) is 3.46. The van der Waals surface area contributed by atoms with Crippen LogP contribution in [-0.4, -0.2) is 16.5 Å². The van der Waals surface area contributed by atoms with Gasteiger partial charge in [-0.2, -0.15) is 11.8 Å². The van der Waals surface area contributed by atoms with Crippen LogP contribution in [0.1, 0.15) is 45.6 Å². The lowest BCUT2D eigenvalue weighted by molar-refractivity contribution is 0.0992. The lowest BCUT2D eigenvalue weighted by Crippen LogP contribution is -2.05. The third kappa shape index (κ3) is 3.30. The Hall–Kier alpha value is -1.13. The zero-order valence-electron chi connectivity index (χ0n) is 11.2. The number of rotatable bonds is 4. The fourth-order valence-electron chi connectivity index (χ4n) is 2.38. The quantitative estimate of drug-likeness (QED) is 0.777. The largest absolute Gasteiger partial charge is 0.294 e. The van der Waals surface area contributed by atoms with Crippen LogP contribution in [0.3, 0.4) is 0 Å². The van der Waals surface area contributed by atoms with Gasteiger partial charge in [-0.05, 0) is 18.6 Å². The van der Waals surface area contributed by atoms with E-state index >= 15 is 0 Å². The number of hydrogen-bond acceptors (Lipinski definition) is 4. The molecule has 0 saturated carbocycles. The van der Waals surface area contributed by atoms with Crippen molar-refractivity contribution in [2.45, 2.75) is 30.9 Å². The average Bonchev–Trinajstić information content (AvgIpc) is 2.97. The Bertz CT molecular complexity index is 573. The molecule has 0 spiro atoms. The number of Topliss-reactive ketones (excluding diaryl/α,β-unsaturated/α-hetero) is 1. The molecule has 0 amide bonds. The predicted octanol–water partition coefficient (Wildman–Crippen LogP) is 4.53. The van der Waals surface area contributed by atoms with Gasteiger partial charge in [-0.3, -0.25) is 4.79 Å². The zero-order chi connectivity index (χ0) is 13.8. The normalized spacial score (nSPS) is 18.9. The Morgan fingerprint density at radius 3 is 2.85 bits per heavy atom. The first-order valence-corrected chi connectivity index (χ1v) is 8.90. The molecule has 0 radical (unpaired) electrons. The molecule has 2 nitrogen and oxygen atoms in total. The Balaban J connectivity index is 1.66. The molecule has 1 aliphatic heterocycles. The molecule has 1 fully saturated rings. The number of carbonyl (C=O) groups excluding carboxylic acids is 1. The first-order valence-electron chi connectivity index (χ1n) is 6.97. The van der Waals surface area contributed by atoms with Crippen LogP contribution in [-0.2, 0) is 6.42 Å². The molecule has 1 saturated heterocycles. The van der Waals surface area contributed by atoms with E-state index in [2.05, 4.69) is 4.98 Å². The monoisotopic (exact) mass is 303 g/mol. The van der Waals surface area contributed by atoms with Crippen molar-refractivity contribution in [3.63, 3.8) is 0 Å².